The molecule has 164 valence electrons. The molecular weight excluding hydrogens is 421 g/mol. The van der Waals surface area contributed by atoms with E-state index in [1.165, 1.54) is 30.7 Å². The Bertz CT molecular complexity index is 1240. The molecule has 2 bridgehead atoms. The average Bonchev–Trinajstić information content (AvgIpc) is 2.79. The molecule has 2 aliphatic heterocycles. The van der Waals surface area contributed by atoms with Gasteiger partial charge in [0.05, 0.1) is 11.8 Å². The minimum Gasteiger partial charge on any atom is -0.336 e. The Balaban J connectivity index is 1.47. The lowest BCUT2D eigenvalue weighted by Crippen LogP contribution is -2.49. The van der Waals surface area contributed by atoms with Crippen molar-refractivity contribution in [2.24, 2.45) is 5.92 Å². The molecule has 1 saturated heterocycles. The fourth-order valence-electron chi connectivity index (χ4n) is 4.77. The van der Waals surface area contributed by atoms with Crippen LogP contribution in [-0.4, -0.2) is 38.4 Å². The molecule has 0 aliphatic carbocycles. The molecular formula is C23H19F3N4O2. The summed E-state index contributed by atoms with van der Waals surface area (Å²) in [5, 5.41) is 0. The van der Waals surface area contributed by atoms with Crippen molar-refractivity contribution in [1.29, 1.82) is 0 Å². The van der Waals surface area contributed by atoms with E-state index in [1.54, 1.807) is 21.6 Å². The minimum absolute atomic E-state index is 0.0219. The Morgan fingerprint density at radius 3 is 2.66 bits per heavy atom. The van der Waals surface area contributed by atoms with Crippen LogP contribution in [0.3, 0.4) is 0 Å². The zero-order valence-electron chi connectivity index (χ0n) is 16.9. The number of halogens is 3. The Labute approximate surface area is 181 Å². The van der Waals surface area contributed by atoms with Gasteiger partial charge in [0.1, 0.15) is 5.69 Å². The number of aromatic nitrogens is 3. The summed E-state index contributed by atoms with van der Waals surface area (Å²) >= 11 is 0. The van der Waals surface area contributed by atoms with Crippen molar-refractivity contribution in [3.05, 3.63) is 82.3 Å². The smallest absolute Gasteiger partial charge is 0.336 e. The Morgan fingerprint density at radius 1 is 1.06 bits per heavy atom. The van der Waals surface area contributed by atoms with E-state index >= 15 is 0 Å². The minimum atomic E-state index is -4.48. The summed E-state index contributed by atoms with van der Waals surface area (Å²) in [6, 6.07) is 8.22. The number of fused-ring (bicyclic) bond motifs is 4. The van der Waals surface area contributed by atoms with Gasteiger partial charge in [-0.2, -0.15) is 13.2 Å². The summed E-state index contributed by atoms with van der Waals surface area (Å²) in [5.41, 5.74) is 0.489. The maximum atomic E-state index is 13.2. The van der Waals surface area contributed by atoms with E-state index in [1.807, 2.05) is 0 Å². The predicted octanol–water partition coefficient (Wildman–Crippen LogP) is 3.58. The monoisotopic (exact) mass is 440 g/mol. The molecule has 6 nitrogen and oxygen atoms in total. The van der Waals surface area contributed by atoms with Gasteiger partial charge in [0.15, 0.2) is 0 Å². The zero-order chi connectivity index (χ0) is 22.5. The van der Waals surface area contributed by atoms with Crippen LogP contribution in [0.4, 0.5) is 13.2 Å². The van der Waals surface area contributed by atoms with Gasteiger partial charge in [0, 0.05) is 49.2 Å². The van der Waals surface area contributed by atoms with Crippen LogP contribution in [0.5, 0.6) is 0 Å². The van der Waals surface area contributed by atoms with Crippen LogP contribution in [0.25, 0.3) is 11.1 Å². The molecule has 1 aromatic carbocycles. The number of benzene rings is 1. The van der Waals surface area contributed by atoms with Crippen LogP contribution in [0, 0.1) is 5.92 Å². The van der Waals surface area contributed by atoms with Gasteiger partial charge < -0.3 is 9.47 Å². The largest absolute Gasteiger partial charge is 0.416 e. The number of alkyl halides is 3. The molecule has 9 heteroatoms. The second kappa shape index (κ2) is 7.58. The van der Waals surface area contributed by atoms with E-state index in [2.05, 4.69) is 9.97 Å². The van der Waals surface area contributed by atoms with Crippen LogP contribution in [0.15, 0.2) is 59.8 Å². The molecule has 4 heterocycles. The lowest BCUT2D eigenvalue weighted by molar-refractivity contribution is -0.137. The highest BCUT2D eigenvalue weighted by atomic mass is 19.4. The SMILES string of the molecule is O=C(c1cnccn1)N1C[C@@H]2C[C@H](C1)c1ccc(-c3cccc(C(F)(F)F)c3)c(=O)n1C2. The zero-order valence-corrected chi connectivity index (χ0v) is 16.9. The summed E-state index contributed by atoms with van der Waals surface area (Å²) in [4.78, 5) is 35.8. The fourth-order valence-corrected chi connectivity index (χ4v) is 4.77. The quantitative estimate of drug-likeness (QED) is 0.611. The topological polar surface area (TPSA) is 68.1 Å². The summed E-state index contributed by atoms with van der Waals surface area (Å²) in [5.74, 6) is -0.133. The maximum absolute atomic E-state index is 13.2. The van der Waals surface area contributed by atoms with Gasteiger partial charge in [-0.3, -0.25) is 14.6 Å². The van der Waals surface area contributed by atoms with Crippen LogP contribution < -0.4 is 5.56 Å². The maximum Gasteiger partial charge on any atom is 0.416 e. The second-order valence-electron chi connectivity index (χ2n) is 8.27. The van der Waals surface area contributed by atoms with E-state index in [9.17, 15) is 22.8 Å². The van der Waals surface area contributed by atoms with Crippen molar-refractivity contribution in [2.45, 2.75) is 25.1 Å². The molecule has 1 fully saturated rings. The molecule has 0 unspecified atom stereocenters. The first-order valence-corrected chi connectivity index (χ1v) is 10.3. The first-order chi connectivity index (χ1) is 15.3. The fraction of sp³-hybridized carbons (Fsp3) is 0.304. The third kappa shape index (κ3) is 3.57. The lowest BCUT2D eigenvalue weighted by Gasteiger charge is -2.42. The van der Waals surface area contributed by atoms with Crippen LogP contribution in [0.1, 0.15) is 34.1 Å². The van der Waals surface area contributed by atoms with Crippen molar-refractivity contribution in [3.8, 4) is 11.1 Å². The third-order valence-electron chi connectivity index (χ3n) is 6.17. The number of likely N-dealkylation sites (tertiary alicyclic amines) is 1. The number of amides is 1. The van der Waals surface area contributed by atoms with Gasteiger partial charge >= 0.3 is 6.18 Å². The number of carbonyl (C=O) groups excluding carboxylic acids is 1. The first kappa shape index (κ1) is 20.4. The summed E-state index contributed by atoms with van der Waals surface area (Å²) in [6.45, 7) is 1.36. The number of hydrogen-bond donors (Lipinski definition) is 0. The van der Waals surface area contributed by atoms with E-state index in [-0.39, 0.29) is 40.1 Å². The van der Waals surface area contributed by atoms with E-state index in [0.29, 0.717) is 19.6 Å². The predicted molar refractivity (Wildman–Crippen MR) is 110 cm³/mol. The van der Waals surface area contributed by atoms with Crippen molar-refractivity contribution >= 4 is 5.91 Å². The molecule has 2 aromatic heterocycles. The number of nitrogens with zero attached hydrogens (tertiary/aromatic N) is 4. The molecule has 2 aliphatic rings. The number of rotatable bonds is 2. The molecule has 3 aromatic rings. The first-order valence-electron chi connectivity index (χ1n) is 10.3. The Kier molecular flexibility index (Phi) is 4.83. The normalized spacial score (nSPS) is 20.0. The van der Waals surface area contributed by atoms with E-state index < -0.39 is 11.7 Å². The van der Waals surface area contributed by atoms with Gasteiger partial charge in [0.2, 0.25) is 0 Å². The highest BCUT2D eigenvalue weighted by Gasteiger charge is 2.37. The molecule has 0 spiro atoms. The van der Waals surface area contributed by atoms with Gasteiger partial charge in [0.25, 0.3) is 11.5 Å². The highest BCUT2D eigenvalue weighted by molar-refractivity contribution is 5.92. The number of hydrogen-bond acceptors (Lipinski definition) is 4. The second-order valence-corrected chi connectivity index (χ2v) is 8.27. The molecule has 2 atom stereocenters. The van der Waals surface area contributed by atoms with E-state index in [0.717, 1.165) is 24.2 Å². The van der Waals surface area contributed by atoms with Crippen LogP contribution >= 0.6 is 0 Å². The lowest BCUT2D eigenvalue weighted by atomic mass is 9.82. The van der Waals surface area contributed by atoms with Crippen molar-refractivity contribution in [1.82, 2.24) is 19.4 Å². The molecule has 0 radical (unpaired) electrons. The summed E-state index contributed by atoms with van der Waals surface area (Å²) in [7, 11) is 0. The van der Waals surface area contributed by atoms with Crippen molar-refractivity contribution in [3.63, 3.8) is 0 Å². The summed E-state index contributed by atoms with van der Waals surface area (Å²) < 4.78 is 41.0. The van der Waals surface area contributed by atoms with Crippen LogP contribution in [-0.2, 0) is 12.7 Å². The van der Waals surface area contributed by atoms with Gasteiger partial charge in [-0.15, -0.1) is 0 Å². The Morgan fingerprint density at radius 2 is 1.91 bits per heavy atom. The molecule has 1 amide bonds. The van der Waals surface area contributed by atoms with Gasteiger partial charge in [-0.05, 0) is 42.2 Å². The average molecular weight is 440 g/mol. The van der Waals surface area contributed by atoms with Crippen LogP contribution in [0.2, 0.25) is 0 Å². The van der Waals surface area contributed by atoms with Crippen molar-refractivity contribution < 1.29 is 18.0 Å². The molecule has 0 N–H and O–H groups in total. The third-order valence-corrected chi connectivity index (χ3v) is 6.17. The number of pyridine rings is 1. The van der Waals surface area contributed by atoms with Crippen molar-refractivity contribution in [2.75, 3.05) is 13.1 Å². The standard InChI is InChI=1S/C23H19F3N4O2/c24-23(25,26)17-3-1-2-15(9-17)18-4-5-20-16-8-14(12-30(20)21(18)31)11-29(13-16)22(32)19-10-27-6-7-28-19/h1-7,9-10,14,16H,8,11-13H2/t14-,16+/m0/s1. The Hall–Kier alpha value is -3.49. The highest BCUT2D eigenvalue weighted by Crippen LogP contribution is 2.37. The van der Waals surface area contributed by atoms with E-state index in [4.69, 9.17) is 0 Å². The van der Waals surface area contributed by atoms with Gasteiger partial charge in [-0.1, -0.05) is 12.1 Å². The molecule has 32 heavy (non-hydrogen) atoms. The summed E-state index contributed by atoms with van der Waals surface area (Å²) in [6.07, 6.45) is 0.796. The molecule has 0 saturated carbocycles. The molecule has 5 rings (SSSR count). The number of piperidine rings is 1. The van der Waals surface area contributed by atoms with Gasteiger partial charge in [-0.25, -0.2) is 4.98 Å². The number of carbonyl (C=O) groups is 1.